The topological polar surface area (TPSA) is 108 Å². The van der Waals surface area contributed by atoms with Crippen molar-refractivity contribution < 1.29 is 9.90 Å². The lowest BCUT2D eigenvalue weighted by Gasteiger charge is -2.14. The minimum Gasteiger partial charge on any atom is -0.494 e. The number of hydrogen-bond donors (Lipinski definition) is 4. The summed E-state index contributed by atoms with van der Waals surface area (Å²) < 4.78 is 0. The first-order valence-electron chi connectivity index (χ1n) is 5.01. The number of aromatic amines is 1. The van der Waals surface area contributed by atoms with Crippen molar-refractivity contribution in [1.82, 2.24) is 10.3 Å². The summed E-state index contributed by atoms with van der Waals surface area (Å²) in [5.41, 5.74) is 5.03. The molecule has 0 saturated heterocycles. The maximum atomic E-state index is 11.6. The summed E-state index contributed by atoms with van der Waals surface area (Å²) >= 11 is 0. The Hall–Kier alpha value is -1.82. The molecule has 0 bridgehead atoms. The lowest BCUT2D eigenvalue weighted by molar-refractivity contribution is 0.0936. The summed E-state index contributed by atoms with van der Waals surface area (Å²) in [4.78, 5) is 24.8. The maximum Gasteiger partial charge on any atom is 0.251 e. The Morgan fingerprint density at radius 1 is 1.62 bits per heavy atom. The molecule has 88 valence electrons. The van der Waals surface area contributed by atoms with Crippen LogP contribution in [0.5, 0.6) is 5.88 Å². The van der Waals surface area contributed by atoms with Gasteiger partial charge in [-0.25, -0.2) is 0 Å². The fourth-order valence-electron chi connectivity index (χ4n) is 1.26. The summed E-state index contributed by atoms with van der Waals surface area (Å²) in [6.07, 6.45) is 0.706. The predicted molar refractivity (Wildman–Crippen MR) is 59.3 cm³/mol. The van der Waals surface area contributed by atoms with Crippen LogP contribution in [-0.2, 0) is 0 Å². The minimum atomic E-state index is -0.522. The van der Waals surface area contributed by atoms with E-state index in [1.54, 1.807) is 0 Å². The van der Waals surface area contributed by atoms with Gasteiger partial charge in [0.2, 0.25) is 0 Å². The van der Waals surface area contributed by atoms with Gasteiger partial charge in [-0.05, 0) is 6.42 Å². The van der Waals surface area contributed by atoms with E-state index in [1.807, 2.05) is 6.92 Å². The van der Waals surface area contributed by atoms with E-state index in [9.17, 15) is 9.59 Å². The van der Waals surface area contributed by atoms with Crippen LogP contribution in [0.15, 0.2) is 16.9 Å². The molecule has 5 N–H and O–H groups in total. The Morgan fingerprint density at radius 2 is 2.31 bits per heavy atom. The molecule has 0 aliphatic heterocycles. The van der Waals surface area contributed by atoms with Gasteiger partial charge in [0.25, 0.3) is 11.5 Å². The molecule has 1 aromatic rings. The van der Waals surface area contributed by atoms with Crippen LogP contribution in [0.1, 0.15) is 23.7 Å². The third kappa shape index (κ3) is 3.09. The van der Waals surface area contributed by atoms with Crippen molar-refractivity contribution in [2.24, 2.45) is 5.73 Å². The van der Waals surface area contributed by atoms with Gasteiger partial charge >= 0.3 is 0 Å². The molecule has 0 aliphatic carbocycles. The van der Waals surface area contributed by atoms with Gasteiger partial charge < -0.3 is 16.2 Å². The second-order valence-corrected chi connectivity index (χ2v) is 3.43. The lowest BCUT2D eigenvalue weighted by atomic mass is 10.2. The highest BCUT2D eigenvalue weighted by molar-refractivity contribution is 5.94. The number of H-pyrrole nitrogens is 1. The number of carbonyl (C=O) groups excluding carboxylic acids is 1. The second kappa shape index (κ2) is 5.32. The Bertz CT molecular complexity index is 424. The number of amides is 1. The number of rotatable bonds is 4. The van der Waals surface area contributed by atoms with Crippen LogP contribution < -0.4 is 16.6 Å². The van der Waals surface area contributed by atoms with Crippen LogP contribution in [-0.4, -0.2) is 28.6 Å². The largest absolute Gasteiger partial charge is 0.494 e. The molecule has 1 aromatic heterocycles. The number of hydrogen-bond acceptors (Lipinski definition) is 4. The molecular formula is C10H15N3O3. The number of nitrogens with one attached hydrogen (secondary N) is 2. The van der Waals surface area contributed by atoms with E-state index in [1.165, 1.54) is 6.07 Å². The number of pyridine rings is 1. The van der Waals surface area contributed by atoms with E-state index in [-0.39, 0.29) is 17.5 Å². The molecule has 0 aromatic carbocycles. The third-order valence-corrected chi connectivity index (χ3v) is 2.20. The second-order valence-electron chi connectivity index (χ2n) is 3.43. The van der Waals surface area contributed by atoms with E-state index in [4.69, 9.17) is 10.8 Å². The van der Waals surface area contributed by atoms with Crippen LogP contribution in [0.2, 0.25) is 0 Å². The van der Waals surface area contributed by atoms with Crippen molar-refractivity contribution in [3.63, 3.8) is 0 Å². The average Bonchev–Trinajstić information content (AvgIpc) is 2.24. The first kappa shape index (κ1) is 12.3. The van der Waals surface area contributed by atoms with Crippen LogP contribution >= 0.6 is 0 Å². The van der Waals surface area contributed by atoms with Gasteiger partial charge in [0.15, 0.2) is 5.88 Å². The Kier molecular flexibility index (Phi) is 4.07. The van der Waals surface area contributed by atoms with E-state index in [2.05, 4.69) is 10.3 Å². The van der Waals surface area contributed by atoms with Gasteiger partial charge in [-0.15, -0.1) is 0 Å². The van der Waals surface area contributed by atoms with Gasteiger partial charge in [0.05, 0.1) is 5.56 Å². The van der Waals surface area contributed by atoms with Gasteiger partial charge in [0.1, 0.15) is 0 Å². The van der Waals surface area contributed by atoms with Crippen molar-refractivity contribution in [2.45, 2.75) is 19.4 Å². The van der Waals surface area contributed by atoms with Crippen LogP contribution in [0, 0.1) is 0 Å². The van der Waals surface area contributed by atoms with Crippen molar-refractivity contribution >= 4 is 5.91 Å². The van der Waals surface area contributed by atoms with E-state index < -0.39 is 11.5 Å². The SMILES string of the molecule is CCC(CN)NC(=O)c1cc(O)[nH]c(=O)c1. The van der Waals surface area contributed by atoms with E-state index >= 15 is 0 Å². The summed E-state index contributed by atoms with van der Waals surface area (Å²) in [5.74, 6) is -0.753. The Morgan fingerprint density at radius 3 is 2.81 bits per heavy atom. The molecular weight excluding hydrogens is 210 g/mol. The smallest absolute Gasteiger partial charge is 0.251 e. The average molecular weight is 225 g/mol. The van der Waals surface area contributed by atoms with Crippen molar-refractivity contribution in [1.29, 1.82) is 0 Å². The summed E-state index contributed by atoms with van der Waals surface area (Å²) in [7, 11) is 0. The maximum absolute atomic E-state index is 11.6. The molecule has 0 fully saturated rings. The molecule has 0 aliphatic rings. The molecule has 1 amide bonds. The summed E-state index contributed by atoms with van der Waals surface area (Å²) in [6.45, 7) is 2.23. The monoisotopic (exact) mass is 225 g/mol. The zero-order valence-corrected chi connectivity index (χ0v) is 8.99. The highest BCUT2D eigenvalue weighted by Crippen LogP contribution is 2.04. The number of aromatic hydroxyl groups is 1. The van der Waals surface area contributed by atoms with Crippen molar-refractivity contribution in [3.05, 3.63) is 28.0 Å². The zero-order chi connectivity index (χ0) is 12.1. The molecule has 0 radical (unpaired) electrons. The molecule has 6 nitrogen and oxygen atoms in total. The first-order chi connectivity index (χ1) is 7.56. The minimum absolute atomic E-state index is 0.119. The lowest BCUT2D eigenvalue weighted by Crippen LogP contribution is -2.39. The third-order valence-electron chi connectivity index (χ3n) is 2.20. The first-order valence-corrected chi connectivity index (χ1v) is 5.01. The number of nitrogens with two attached hydrogens (primary N) is 1. The Balaban J connectivity index is 2.84. The number of carbonyl (C=O) groups is 1. The highest BCUT2D eigenvalue weighted by atomic mass is 16.3. The summed E-state index contributed by atoms with van der Waals surface area (Å²) in [5, 5.41) is 11.8. The zero-order valence-electron chi connectivity index (χ0n) is 8.99. The predicted octanol–water partition coefficient (Wildman–Crippen LogP) is -0.452. The van der Waals surface area contributed by atoms with E-state index in [0.717, 1.165) is 6.07 Å². The normalized spacial score (nSPS) is 12.1. The molecule has 0 saturated carbocycles. The molecule has 1 atom stereocenters. The van der Waals surface area contributed by atoms with Gasteiger partial charge in [-0.2, -0.15) is 0 Å². The highest BCUT2D eigenvalue weighted by Gasteiger charge is 2.12. The van der Waals surface area contributed by atoms with Gasteiger partial charge in [0, 0.05) is 24.7 Å². The van der Waals surface area contributed by atoms with Crippen molar-refractivity contribution in [3.8, 4) is 5.88 Å². The Labute approximate surface area is 92.5 Å². The van der Waals surface area contributed by atoms with Crippen LogP contribution in [0.25, 0.3) is 0 Å². The van der Waals surface area contributed by atoms with Gasteiger partial charge in [-0.3, -0.25) is 14.6 Å². The molecule has 1 unspecified atom stereocenters. The fourth-order valence-corrected chi connectivity index (χ4v) is 1.26. The quantitative estimate of drug-likeness (QED) is 0.556. The molecule has 1 heterocycles. The molecule has 1 rings (SSSR count). The molecule has 16 heavy (non-hydrogen) atoms. The van der Waals surface area contributed by atoms with Gasteiger partial charge in [-0.1, -0.05) is 6.92 Å². The van der Waals surface area contributed by atoms with Crippen molar-refractivity contribution in [2.75, 3.05) is 6.54 Å². The summed E-state index contributed by atoms with van der Waals surface area (Å²) in [6, 6.07) is 2.19. The number of aromatic nitrogens is 1. The molecule has 6 heteroatoms. The fraction of sp³-hybridized carbons (Fsp3) is 0.400. The van der Waals surface area contributed by atoms with Crippen LogP contribution in [0.4, 0.5) is 0 Å². The van der Waals surface area contributed by atoms with E-state index in [0.29, 0.717) is 13.0 Å². The standard InChI is InChI=1S/C10H15N3O3/c1-2-7(5-11)12-10(16)6-3-8(14)13-9(15)4-6/h3-4,7H,2,5,11H2,1H3,(H,12,16)(H2,13,14,15). The van der Waals surface area contributed by atoms with Crippen LogP contribution in [0.3, 0.4) is 0 Å². The molecule has 0 spiro atoms.